The average Bonchev–Trinajstić information content (AvgIpc) is 2.56. The number of nitrogens with one attached hydrogen (secondary N) is 1. The van der Waals surface area contributed by atoms with E-state index in [1.807, 2.05) is 0 Å². The maximum Gasteiger partial charge on any atom is 0.217 e. The van der Waals surface area contributed by atoms with Crippen LogP contribution >= 0.6 is 0 Å². The topological polar surface area (TPSA) is 178 Å². The van der Waals surface area contributed by atoms with Crippen molar-refractivity contribution in [3.63, 3.8) is 0 Å². The van der Waals surface area contributed by atoms with Crippen LogP contribution in [0.5, 0.6) is 0 Å². The van der Waals surface area contributed by atoms with E-state index in [2.05, 4.69) is 5.32 Å². The lowest BCUT2D eigenvalue weighted by atomic mass is 9.95. The third kappa shape index (κ3) is 4.27. The summed E-state index contributed by atoms with van der Waals surface area (Å²) in [5.74, 6) is -0.537. The first-order valence-corrected chi connectivity index (χ1v) is 7.92. The number of aliphatic hydroxyl groups excluding tert-OH is 6. The van der Waals surface area contributed by atoms with Crippen molar-refractivity contribution in [2.24, 2.45) is 0 Å². The quantitative estimate of drug-likeness (QED) is 0.257. The predicted molar refractivity (Wildman–Crippen MR) is 78.8 cm³/mol. The summed E-state index contributed by atoms with van der Waals surface area (Å²) in [5.41, 5.74) is 0. The molecule has 2 heterocycles. The van der Waals surface area contributed by atoms with Gasteiger partial charge >= 0.3 is 0 Å². The molecule has 0 spiro atoms. The van der Waals surface area contributed by atoms with Gasteiger partial charge in [-0.3, -0.25) is 4.79 Å². The number of rotatable bonds is 4. The average molecular weight is 367 g/mol. The third-order valence-corrected chi connectivity index (χ3v) is 4.34. The normalized spacial score (nSPS) is 48.2. The predicted octanol–water partition coefficient (Wildman–Crippen LogP) is -4.23. The van der Waals surface area contributed by atoms with Gasteiger partial charge in [0, 0.05) is 6.92 Å². The van der Waals surface area contributed by atoms with E-state index in [1.165, 1.54) is 13.8 Å². The van der Waals surface area contributed by atoms with Crippen LogP contribution in [0.15, 0.2) is 0 Å². The van der Waals surface area contributed by atoms with E-state index in [9.17, 15) is 35.4 Å². The van der Waals surface area contributed by atoms with Crippen molar-refractivity contribution in [2.75, 3.05) is 6.61 Å². The molecule has 0 saturated carbocycles. The van der Waals surface area contributed by atoms with E-state index in [0.29, 0.717) is 0 Å². The Bertz CT molecular complexity index is 465. The minimum Gasteiger partial charge on any atom is -0.394 e. The highest BCUT2D eigenvalue weighted by molar-refractivity contribution is 5.73. The maximum atomic E-state index is 11.3. The number of carbonyl (C=O) groups excluding carboxylic acids is 1. The van der Waals surface area contributed by atoms with E-state index in [4.69, 9.17) is 14.2 Å². The molecule has 10 atom stereocenters. The van der Waals surface area contributed by atoms with Crippen molar-refractivity contribution in [1.29, 1.82) is 0 Å². The van der Waals surface area contributed by atoms with Crippen LogP contribution < -0.4 is 5.32 Å². The molecular formula is C14H25NO10. The van der Waals surface area contributed by atoms with Crippen molar-refractivity contribution in [2.45, 2.75) is 75.2 Å². The molecule has 7 N–H and O–H groups in total. The van der Waals surface area contributed by atoms with E-state index < -0.39 is 73.9 Å². The minimum absolute atomic E-state index is 0.537. The Labute approximate surface area is 143 Å². The van der Waals surface area contributed by atoms with Gasteiger partial charge < -0.3 is 50.2 Å². The second kappa shape index (κ2) is 8.20. The second-order valence-electron chi connectivity index (χ2n) is 6.25. The molecule has 11 heteroatoms. The molecule has 11 nitrogen and oxygen atoms in total. The summed E-state index contributed by atoms with van der Waals surface area (Å²) in [6.07, 6.45) is -12.4. The van der Waals surface area contributed by atoms with Crippen LogP contribution in [0, 0.1) is 0 Å². The molecule has 2 aliphatic heterocycles. The van der Waals surface area contributed by atoms with Gasteiger partial charge in [0.05, 0.1) is 12.7 Å². The van der Waals surface area contributed by atoms with Crippen LogP contribution in [-0.2, 0) is 19.0 Å². The molecule has 1 amide bonds. The van der Waals surface area contributed by atoms with Gasteiger partial charge in [-0.2, -0.15) is 0 Å². The first-order valence-electron chi connectivity index (χ1n) is 7.92. The molecule has 0 aliphatic carbocycles. The lowest BCUT2D eigenvalue weighted by molar-refractivity contribution is -0.337. The number of carbonyl (C=O) groups is 1. The van der Waals surface area contributed by atoms with Crippen LogP contribution in [0.3, 0.4) is 0 Å². The zero-order valence-electron chi connectivity index (χ0n) is 13.8. The highest BCUT2D eigenvalue weighted by Crippen LogP contribution is 2.28. The molecular weight excluding hydrogens is 342 g/mol. The van der Waals surface area contributed by atoms with Gasteiger partial charge in [0.25, 0.3) is 0 Å². The minimum atomic E-state index is -1.64. The van der Waals surface area contributed by atoms with E-state index in [-0.39, 0.29) is 0 Å². The Morgan fingerprint density at radius 1 is 1.04 bits per heavy atom. The van der Waals surface area contributed by atoms with Crippen molar-refractivity contribution in [1.82, 2.24) is 5.32 Å². The first kappa shape index (κ1) is 20.4. The highest BCUT2D eigenvalue weighted by atomic mass is 16.7. The Hall–Kier alpha value is -0.890. The summed E-state index contributed by atoms with van der Waals surface area (Å²) >= 11 is 0. The number of ether oxygens (including phenoxy) is 3. The third-order valence-electron chi connectivity index (χ3n) is 4.34. The fourth-order valence-electron chi connectivity index (χ4n) is 2.92. The monoisotopic (exact) mass is 367 g/mol. The molecule has 2 saturated heterocycles. The highest BCUT2D eigenvalue weighted by Gasteiger charge is 2.50. The summed E-state index contributed by atoms with van der Waals surface area (Å²) in [7, 11) is 0. The van der Waals surface area contributed by atoms with Crippen molar-refractivity contribution < 1.29 is 49.6 Å². The van der Waals surface area contributed by atoms with Crippen molar-refractivity contribution in [3.8, 4) is 0 Å². The van der Waals surface area contributed by atoms with Crippen LogP contribution in [0.1, 0.15) is 13.8 Å². The Kier molecular flexibility index (Phi) is 6.70. The van der Waals surface area contributed by atoms with Gasteiger partial charge in [0.2, 0.25) is 5.91 Å². The molecule has 2 fully saturated rings. The Balaban J connectivity index is 2.20. The van der Waals surface area contributed by atoms with Gasteiger partial charge in [-0.1, -0.05) is 0 Å². The van der Waals surface area contributed by atoms with E-state index in [1.54, 1.807) is 0 Å². The van der Waals surface area contributed by atoms with Gasteiger partial charge in [-0.25, -0.2) is 0 Å². The molecule has 0 bridgehead atoms. The molecule has 0 aromatic carbocycles. The lowest BCUT2D eigenvalue weighted by Gasteiger charge is -2.46. The largest absolute Gasteiger partial charge is 0.394 e. The van der Waals surface area contributed by atoms with Crippen molar-refractivity contribution >= 4 is 5.91 Å². The summed E-state index contributed by atoms with van der Waals surface area (Å²) in [4.78, 5) is 11.3. The summed E-state index contributed by atoms with van der Waals surface area (Å²) in [6.45, 7) is 2.01. The van der Waals surface area contributed by atoms with Crippen LogP contribution in [-0.4, -0.2) is 105 Å². The van der Waals surface area contributed by atoms with Gasteiger partial charge in [0.15, 0.2) is 12.6 Å². The zero-order chi connectivity index (χ0) is 18.9. The number of aliphatic hydroxyl groups is 6. The van der Waals surface area contributed by atoms with E-state index >= 15 is 0 Å². The molecule has 0 aromatic rings. The first-order chi connectivity index (χ1) is 11.7. The summed E-state index contributed by atoms with van der Waals surface area (Å²) in [6, 6.07) is -1.22. The van der Waals surface area contributed by atoms with Crippen LogP contribution in [0.2, 0.25) is 0 Å². The van der Waals surface area contributed by atoms with Gasteiger partial charge in [-0.05, 0) is 6.92 Å². The fraction of sp³-hybridized carbons (Fsp3) is 0.929. The standard InChI is InChI=1S/C14H25NO10/c1-4-8(18)10(20)11(21)14(23-4)25-12-7(15-5(2)17)13(22)24-6(3-16)9(12)19/h4,6-14,16,18-22H,3H2,1-2H3,(H,15,17)/t4-,6+,7+,8+,9-,10+,11-,12+,13+,14-/m0/s1. The number of hydrogen-bond donors (Lipinski definition) is 7. The molecule has 2 rings (SSSR count). The van der Waals surface area contributed by atoms with Crippen LogP contribution in [0.25, 0.3) is 0 Å². The SMILES string of the molecule is CC(=O)N[C@@H]1[C@@H](O[C@@H]2O[C@@H](C)[C@@H](O)[C@@H](O)[C@@H]2O)[C@@H](O)[C@@H](CO)O[C@H]1O. The summed E-state index contributed by atoms with van der Waals surface area (Å²) < 4.78 is 15.8. The second-order valence-corrected chi connectivity index (χ2v) is 6.25. The molecule has 146 valence electrons. The smallest absolute Gasteiger partial charge is 0.217 e. The lowest BCUT2D eigenvalue weighted by Crippen LogP contribution is -2.67. The van der Waals surface area contributed by atoms with Crippen LogP contribution in [0.4, 0.5) is 0 Å². The Morgan fingerprint density at radius 2 is 1.68 bits per heavy atom. The molecule has 25 heavy (non-hydrogen) atoms. The van der Waals surface area contributed by atoms with Gasteiger partial charge in [-0.15, -0.1) is 0 Å². The van der Waals surface area contributed by atoms with E-state index in [0.717, 1.165) is 0 Å². The molecule has 0 aromatic heterocycles. The molecule has 0 radical (unpaired) electrons. The molecule has 0 unspecified atom stereocenters. The molecule has 2 aliphatic rings. The zero-order valence-corrected chi connectivity index (χ0v) is 13.8. The van der Waals surface area contributed by atoms with Crippen molar-refractivity contribution in [3.05, 3.63) is 0 Å². The fourth-order valence-corrected chi connectivity index (χ4v) is 2.92. The Morgan fingerprint density at radius 3 is 2.24 bits per heavy atom. The number of amides is 1. The van der Waals surface area contributed by atoms with Gasteiger partial charge in [0.1, 0.15) is 42.7 Å². The number of hydrogen-bond acceptors (Lipinski definition) is 10. The summed E-state index contributed by atoms with van der Waals surface area (Å²) in [5, 5.41) is 61.5. The maximum absolute atomic E-state index is 11.3.